The Morgan fingerprint density at radius 3 is 2.90 bits per heavy atom. The average Bonchev–Trinajstić information content (AvgIpc) is 3.16. The SMILES string of the molecule is CC(=O)Nc1ccccc1OCC(O)CN1CCC2OC1C2N1COc2ccccc21. The summed E-state index contributed by atoms with van der Waals surface area (Å²) >= 11 is 0. The molecular formula is C23H27N3O5. The predicted molar refractivity (Wildman–Crippen MR) is 115 cm³/mol. The zero-order valence-electron chi connectivity index (χ0n) is 17.4. The molecule has 2 aromatic rings. The average molecular weight is 425 g/mol. The van der Waals surface area contributed by atoms with E-state index in [1.165, 1.54) is 6.92 Å². The number of nitrogens with zero attached hydrogens (tertiary/aromatic N) is 2. The van der Waals surface area contributed by atoms with Crippen LogP contribution in [0, 0.1) is 0 Å². The van der Waals surface area contributed by atoms with Gasteiger partial charge in [-0.25, -0.2) is 0 Å². The molecule has 0 saturated carbocycles. The Morgan fingerprint density at radius 2 is 2.06 bits per heavy atom. The van der Waals surface area contributed by atoms with Crippen molar-refractivity contribution in [3.8, 4) is 11.5 Å². The van der Waals surface area contributed by atoms with E-state index in [1.54, 1.807) is 12.1 Å². The van der Waals surface area contributed by atoms with Gasteiger partial charge in [-0.05, 0) is 30.7 Å². The fourth-order valence-corrected chi connectivity index (χ4v) is 4.61. The fourth-order valence-electron chi connectivity index (χ4n) is 4.61. The minimum absolute atomic E-state index is 0.0742. The lowest BCUT2D eigenvalue weighted by Gasteiger charge is -2.57. The van der Waals surface area contributed by atoms with Crippen molar-refractivity contribution in [2.45, 2.75) is 37.8 Å². The fraction of sp³-hybridized carbons (Fsp3) is 0.435. The van der Waals surface area contributed by atoms with E-state index in [0.29, 0.717) is 24.7 Å². The second-order valence-corrected chi connectivity index (χ2v) is 8.19. The van der Waals surface area contributed by atoms with Gasteiger partial charge in [-0.15, -0.1) is 0 Å². The molecule has 4 aliphatic heterocycles. The molecular weight excluding hydrogens is 398 g/mol. The van der Waals surface area contributed by atoms with E-state index in [9.17, 15) is 9.90 Å². The van der Waals surface area contributed by atoms with Crippen molar-refractivity contribution in [3.05, 3.63) is 48.5 Å². The summed E-state index contributed by atoms with van der Waals surface area (Å²) in [5.74, 6) is 1.28. The Hall–Kier alpha value is -2.81. The van der Waals surface area contributed by atoms with Gasteiger partial charge in [0.1, 0.15) is 30.4 Å². The summed E-state index contributed by atoms with van der Waals surface area (Å²) in [6, 6.07) is 15.5. The van der Waals surface area contributed by atoms with Gasteiger partial charge in [0.25, 0.3) is 0 Å². The number of hydrogen-bond donors (Lipinski definition) is 2. The summed E-state index contributed by atoms with van der Waals surface area (Å²) in [5.41, 5.74) is 1.70. The van der Waals surface area contributed by atoms with Gasteiger partial charge in [0, 0.05) is 20.0 Å². The number of amides is 1. The normalized spacial score (nSPS) is 25.2. The van der Waals surface area contributed by atoms with Crippen LogP contribution < -0.4 is 19.7 Å². The van der Waals surface area contributed by atoms with Gasteiger partial charge in [-0.3, -0.25) is 9.69 Å². The van der Waals surface area contributed by atoms with Gasteiger partial charge in [0.05, 0.1) is 23.5 Å². The standard InChI is InChI=1S/C23H27N3O5/c1-15(27)24-17-6-2-4-8-19(17)29-13-16(28)12-25-11-10-21-22(23(25)31-21)26-14-30-20-9-5-3-7-18(20)26/h2-9,16,21-23,28H,10-14H2,1H3,(H,24,27). The topological polar surface area (TPSA) is 83.5 Å². The van der Waals surface area contributed by atoms with Gasteiger partial charge in [0.2, 0.25) is 5.91 Å². The number of benzene rings is 2. The molecule has 4 heterocycles. The molecule has 0 spiro atoms. The molecule has 2 N–H and O–H groups in total. The maximum Gasteiger partial charge on any atom is 0.221 e. The largest absolute Gasteiger partial charge is 0.489 e. The Kier molecular flexibility index (Phi) is 5.43. The monoisotopic (exact) mass is 425 g/mol. The smallest absolute Gasteiger partial charge is 0.221 e. The summed E-state index contributed by atoms with van der Waals surface area (Å²) in [6.07, 6.45) is 0.344. The van der Waals surface area contributed by atoms with Crippen LogP contribution in [0.4, 0.5) is 11.4 Å². The van der Waals surface area contributed by atoms with E-state index >= 15 is 0 Å². The lowest BCUT2D eigenvalue weighted by Crippen LogP contribution is -2.73. The second-order valence-electron chi connectivity index (χ2n) is 8.19. The highest BCUT2D eigenvalue weighted by atomic mass is 16.6. The minimum atomic E-state index is -0.686. The van der Waals surface area contributed by atoms with Gasteiger partial charge in [0.15, 0.2) is 6.73 Å². The molecule has 2 aromatic carbocycles. The van der Waals surface area contributed by atoms with Gasteiger partial charge in [-0.2, -0.15) is 0 Å². The molecule has 164 valence electrons. The number of fused-ring (bicyclic) bond motifs is 3. The first-order chi connectivity index (χ1) is 15.1. The van der Waals surface area contributed by atoms with Crippen molar-refractivity contribution in [3.63, 3.8) is 0 Å². The number of aliphatic hydroxyl groups excluding tert-OH is 1. The van der Waals surface area contributed by atoms with E-state index in [1.807, 2.05) is 30.3 Å². The van der Waals surface area contributed by atoms with Crippen LogP contribution in [0.3, 0.4) is 0 Å². The van der Waals surface area contributed by atoms with Crippen LogP contribution in [0.1, 0.15) is 13.3 Å². The third-order valence-electron chi connectivity index (χ3n) is 6.02. The van der Waals surface area contributed by atoms with Gasteiger partial charge in [-0.1, -0.05) is 24.3 Å². The number of carbonyl (C=O) groups excluding carboxylic acids is 1. The third kappa shape index (κ3) is 3.94. The molecule has 0 aromatic heterocycles. The molecule has 31 heavy (non-hydrogen) atoms. The zero-order valence-corrected chi connectivity index (χ0v) is 17.4. The number of ether oxygens (including phenoxy) is 3. The first kappa shape index (κ1) is 20.1. The van der Waals surface area contributed by atoms with E-state index in [0.717, 1.165) is 24.4 Å². The number of piperidine rings is 1. The van der Waals surface area contributed by atoms with Crippen molar-refractivity contribution >= 4 is 17.3 Å². The number of hydrogen-bond acceptors (Lipinski definition) is 7. The Bertz CT molecular complexity index is 952. The van der Waals surface area contributed by atoms with E-state index in [2.05, 4.69) is 21.2 Å². The first-order valence-corrected chi connectivity index (χ1v) is 10.7. The molecule has 0 aliphatic carbocycles. The van der Waals surface area contributed by atoms with E-state index in [-0.39, 0.29) is 30.9 Å². The van der Waals surface area contributed by atoms with Crippen LogP contribution >= 0.6 is 0 Å². The highest BCUT2D eigenvalue weighted by molar-refractivity contribution is 5.90. The molecule has 1 amide bonds. The summed E-state index contributed by atoms with van der Waals surface area (Å²) in [6.45, 7) is 3.44. The summed E-state index contributed by atoms with van der Waals surface area (Å²) in [7, 11) is 0. The lowest BCUT2D eigenvalue weighted by molar-refractivity contribution is -0.254. The first-order valence-electron chi connectivity index (χ1n) is 10.7. The highest BCUT2D eigenvalue weighted by Crippen LogP contribution is 2.43. The molecule has 4 aliphatic rings. The van der Waals surface area contributed by atoms with Crippen molar-refractivity contribution < 1.29 is 24.1 Å². The lowest BCUT2D eigenvalue weighted by atomic mass is 9.91. The minimum Gasteiger partial charge on any atom is -0.489 e. The Labute approximate surface area is 181 Å². The maximum absolute atomic E-state index is 11.4. The maximum atomic E-state index is 11.4. The summed E-state index contributed by atoms with van der Waals surface area (Å²) < 4.78 is 17.7. The van der Waals surface area contributed by atoms with Crippen LogP contribution in [0.15, 0.2) is 48.5 Å². The Balaban J connectivity index is 1.19. The number of anilines is 2. The van der Waals surface area contributed by atoms with Gasteiger partial charge < -0.3 is 29.5 Å². The van der Waals surface area contributed by atoms with Crippen LogP contribution in [0.2, 0.25) is 0 Å². The molecule has 3 fully saturated rings. The van der Waals surface area contributed by atoms with E-state index in [4.69, 9.17) is 14.2 Å². The highest BCUT2D eigenvalue weighted by Gasteiger charge is 2.53. The van der Waals surface area contributed by atoms with Crippen molar-refractivity contribution in [1.29, 1.82) is 0 Å². The van der Waals surface area contributed by atoms with Crippen molar-refractivity contribution in [2.24, 2.45) is 0 Å². The number of carbonyl (C=O) groups is 1. The van der Waals surface area contributed by atoms with Crippen molar-refractivity contribution in [2.75, 3.05) is 36.6 Å². The predicted octanol–water partition coefficient (Wildman–Crippen LogP) is 2.04. The van der Waals surface area contributed by atoms with Crippen LogP contribution in [-0.4, -0.2) is 66.8 Å². The van der Waals surface area contributed by atoms with Crippen LogP contribution in [-0.2, 0) is 9.53 Å². The quantitative estimate of drug-likeness (QED) is 0.702. The molecule has 4 unspecified atom stereocenters. The zero-order chi connectivity index (χ0) is 21.4. The molecule has 0 radical (unpaired) electrons. The summed E-state index contributed by atoms with van der Waals surface area (Å²) in [4.78, 5) is 15.8. The number of para-hydroxylation sites is 4. The molecule has 6 rings (SSSR count). The number of aliphatic hydroxyl groups is 1. The number of rotatable bonds is 7. The molecule has 3 saturated heterocycles. The second kappa shape index (κ2) is 8.37. The third-order valence-corrected chi connectivity index (χ3v) is 6.02. The molecule has 8 nitrogen and oxygen atoms in total. The molecule has 8 heteroatoms. The molecule has 4 atom stereocenters. The molecule has 2 bridgehead atoms. The van der Waals surface area contributed by atoms with Gasteiger partial charge >= 0.3 is 0 Å². The van der Waals surface area contributed by atoms with Crippen LogP contribution in [0.25, 0.3) is 0 Å². The number of nitrogens with one attached hydrogen (secondary N) is 1. The van der Waals surface area contributed by atoms with Crippen molar-refractivity contribution in [1.82, 2.24) is 4.90 Å². The Morgan fingerprint density at radius 1 is 1.26 bits per heavy atom. The van der Waals surface area contributed by atoms with E-state index < -0.39 is 6.10 Å². The summed E-state index contributed by atoms with van der Waals surface area (Å²) in [5, 5.41) is 13.4. The van der Waals surface area contributed by atoms with Crippen LogP contribution in [0.5, 0.6) is 11.5 Å².